The van der Waals surface area contributed by atoms with Crippen LogP contribution in [0.1, 0.15) is 23.1 Å². The lowest BCUT2D eigenvalue weighted by atomic mass is 9.91. The van der Waals surface area contributed by atoms with E-state index in [1.54, 1.807) is 7.11 Å². The van der Waals surface area contributed by atoms with Gasteiger partial charge in [-0.25, -0.2) is 4.99 Å². The van der Waals surface area contributed by atoms with Crippen LogP contribution < -0.4 is 14.8 Å². The first-order valence-corrected chi connectivity index (χ1v) is 12.1. The van der Waals surface area contributed by atoms with Crippen molar-refractivity contribution >= 4 is 11.8 Å². The predicted molar refractivity (Wildman–Crippen MR) is 139 cm³/mol. The van der Waals surface area contributed by atoms with Crippen LogP contribution in [0.25, 0.3) is 0 Å². The molecule has 1 aliphatic rings. The molecule has 7 nitrogen and oxygen atoms in total. The van der Waals surface area contributed by atoms with E-state index in [0.717, 1.165) is 22.4 Å². The highest BCUT2D eigenvalue weighted by Gasteiger charge is 2.44. The Kier molecular flexibility index (Phi) is 8.57. The molecule has 36 heavy (non-hydrogen) atoms. The van der Waals surface area contributed by atoms with Gasteiger partial charge in [0.25, 0.3) is 5.91 Å². The van der Waals surface area contributed by atoms with Crippen LogP contribution in [0.3, 0.4) is 0 Å². The fraction of sp³-hybridized carbons (Fsp3) is 0.310. The summed E-state index contributed by atoms with van der Waals surface area (Å²) in [6.45, 7) is 1.16. The topological polar surface area (TPSA) is 89.4 Å². The van der Waals surface area contributed by atoms with Crippen LogP contribution >= 0.6 is 0 Å². The van der Waals surface area contributed by atoms with E-state index >= 15 is 0 Å². The lowest BCUT2D eigenvalue weighted by molar-refractivity contribution is -0.126. The first-order chi connectivity index (χ1) is 17.6. The predicted octanol–water partition coefficient (Wildman–Crippen LogP) is 3.57. The molecule has 0 fully saturated rings. The molecule has 0 saturated carbocycles. The number of nitrogens with one attached hydrogen (secondary N) is 1. The number of aliphatic hydroxyl groups is 1. The van der Waals surface area contributed by atoms with Crippen LogP contribution in [0.4, 0.5) is 0 Å². The van der Waals surface area contributed by atoms with Crippen LogP contribution in [-0.4, -0.2) is 55.9 Å². The highest BCUT2D eigenvalue weighted by Crippen LogP contribution is 2.28. The number of nitrogens with zero attached hydrogens (tertiary/aromatic N) is 1. The first-order valence-electron chi connectivity index (χ1n) is 12.1. The molecule has 0 saturated heterocycles. The molecule has 0 spiro atoms. The fourth-order valence-corrected chi connectivity index (χ4v) is 4.15. The van der Waals surface area contributed by atoms with E-state index in [1.165, 1.54) is 0 Å². The second-order valence-electron chi connectivity index (χ2n) is 8.67. The average molecular weight is 489 g/mol. The number of carbonyl (C=O) groups is 1. The van der Waals surface area contributed by atoms with Gasteiger partial charge in [0, 0.05) is 31.6 Å². The third kappa shape index (κ3) is 6.23. The number of amides is 1. The summed E-state index contributed by atoms with van der Waals surface area (Å²) < 4.78 is 17.0. The van der Waals surface area contributed by atoms with E-state index in [9.17, 15) is 4.79 Å². The quantitative estimate of drug-likeness (QED) is 0.381. The fourth-order valence-electron chi connectivity index (χ4n) is 4.15. The number of ether oxygens (including phenoxy) is 3. The van der Waals surface area contributed by atoms with Gasteiger partial charge in [0.15, 0.2) is 5.54 Å². The SMILES string of the molecule is COc1ccccc1CCNC(=O)[C@@]1(Cc2ccccc2)COC(c2ccc(OCCCO)cc2)=N1. The maximum Gasteiger partial charge on any atom is 0.251 e. The molecule has 1 aliphatic heterocycles. The van der Waals surface area contributed by atoms with Crippen molar-refractivity contribution < 1.29 is 24.1 Å². The van der Waals surface area contributed by atoms with Crippen molar-refractivity contribution in [1.29, 1.82) is 0 Å². The Balaban J connectivity index is 1.50. The highest BCUT2D eigenvalue weighted by molar-refractivity contribution is 6.00. The van der Waals surface area contributed by atoms with Crippen LogP contribution in [0, 0.1) is 0 Å². The number of aliphatic hydroxyl groups excluding tert-OH is 1. The van der Waals surface area contributed by atoms with Gasteiger partial charge in [-0.15, -0.1) is 0 Å². The van der Waals surface area contributed by atoms with Gasteiger partial charge >= 0.3 is 0 Å². The minimum atomic E-state index is -1.06. The number of benzene rings is 3. The number of carbonyl (C=O) groups excluding carboxylic acids is 1. The Hall–Kier alpha value is -3.84. The molecule has 0 radical (unpaired) electrons. The second kappa shape index (κ2) is 12.2. The van der Waals surface area contributed by atoms with Crippen LogP contribution in [0.5, 0.6) is 11.5 Å². The Labute approximate surface area is 211 Å². The molecular formula is C29H32N2O5. The van der Waals surface area contributed by atoms with Crippen molar-refractivity contribution in [2.75, 3.05) is 33.5 Å². The molecule has 188 valence electrons. The summed E-state index contributed by atoms with van der Waals surface area (Å²) in [6, 6.07) is 25.1. The van der Waals surface area contributed by atoms with E-state index < -0.39 is 5.54 Å². The molecule has 3 aromatic carbocycles. The van der Waals surface area contributed by atoms with Crippen molar-refractivity contribution in [3.8, 4) is 11.5 Å². The molecule has 0 aliphatic carbocycles. The Morgan fingerprint density at radius 1 is 1.06 bits per heavy atom. The van der Waals surface area contributed by atoms with Crippen molar-refractivity contribution in [1.82, 2.24) is 5.32 Å². The summed E-state index contributed by atoms with van der Waals surface area (Å²) in [6.07, 6.45) is 1.65. The van der Waals surface area contributed by atoms with Gasteiger partial charge in [0.2, 0.25) is 5.90 Å². The molecule has 0 unspecified atom stereocenters. The molecule has 4 rings (SSSR count). The zero-order chi connectivity index (χ0) is 25.2. The summed E-state index contributed by atoms with van der Waals surface area (Å²) in [5.74, 6) is 1.78. The molecule has 1 heterocycles. The summed E-state index contributed by atoms with van der Waals surface area (Å²) in [5.41, 5.74) is 1.76. The maximum atomic E-state index is 13.5. The van der Waals surface area contributed by atoms with Gasteiger partial charge in [0.05, 0.1) is 13.7 Å². The molecule has 3 aromatic rings. The average Bonchev–Trinajstić information content (AvgIpc) is 3.35. The summed E-state index contributed by atoms with van der Waals surface area (Å²) in [4.78, 5) is 18.4. The van der Waals surface area contributed by atoms with E-state index in [-0.39, 0.29) is 19.1 Å². The number of hydrogen-bond donors (Lipinski definition) is 2. The number of aliphatic imine (C=N–C) groups is 1. The lowest BCUT2D eigenvalue weighted by Crippen LogP contribution is -2.49. The molecule has 0 aromatic heterocycles. The summed E-state index contributed by atoms with van der Waals surface area (Å²) in [7, 11) is 1.65. The standard InChI is InChI=1S/C29H32N2O5/c1-34-26-11-6-5-10-23(26)16-17-30-28(33)29(20-22-8-3-2-4-9-22)21-36-27(31-29)24-12-14-25(15-13-24)35-19-7-18-32/h2-6,8-15,32H,7,16-21H2,1H3,(H,30,33)/t29-/m1/s1. The van der Waals surface area contributed by atoms with Crippen molar-refractivity contribution in [3.05, 3.63) is 95.6 Å². The monoisotopic (exact) mass is 488 g/mol. The van der Waals surface area contributed by atoms with E-state index in [0.29, 0.717) is 44.1 Å². The number of rotatable bonds is 12. The second-order valence-corrected chi connectivity index (χ2v) is 8.67. The van der Waals surface area contributed by atoms with E-state index in [2.05, 4.69) is 5.32 Å². The number of para-hydroxylation sites is 1. The summed E-state index contributed by atoms with van der Waals surface area (Å²) in [5, 5.41) is 12.0. The molecule has 1 atom stereocenters. The van der Waals surface area contributed by atoms with Gasteiger partial charge in [-0.3, -0.25) is 4.79 Å². The third-order valence-electron chi connectivity index (χ3n) is 6.07. The molecule has 0 bridgehead atoms. The molecule has 2 N–H and O–H groups in total. The maximum absolute atomic E-state index is 13.5. The largest absolute Gasteiger partial charge is 0.496 e. The van der Waals surface area contributed by atoms with Crippen molar-refractivity contribution in [2.24, 2.45) is 4.99 Å². The third-order valence-corrected chi connectivity index (χ3v) is 6.07. The Morgan fingerprint density at radius 2 is 1.81 bits per heavy atom. The van der Waals surface area contributed by atoms with Gasteiger partial charge in [0.1, 0.15) is 18.1 Å². The lowest BCUT2D eigenvalue weighted by Gasteiger charge is -2.23. The van der Waals surface area contributed by atoms with Gasteiger partial charge < -0.3 is 24.6 Å². The van der Waals surface area contributed by atoms with Crippen LogP contribution in [0.15, 0.2) is 83.9 Å². The normalized spacial score (nSPS) is 16.7. The minimum Gasteiger partial charge on any atom is -0.496 e. The molecule has 7 heteroatoms. The van der Waals surface area contributed by atoms with Crippen molar-refractivity contribution in [3.63, 3.8) is 0 Å². The number of methoxy groups -OCH3 is 1. The smallest absolute Gasteiger partial charge is 0.251 e. The van der Waals surface area contributed by atoms with E-state index in [4.69, 9.17) is 24.3 Å². The Morgan fingerprint density at radius 3 is 2.56 bits per heavy atom. The summed E-state index contributed by atoms with van der Waals surface area (Å²) >= 11 is 0. The zero-order valence-electron chi connectivity index (χ0n) is 20.5. The van der Waals surface area contributed by atoms with E-state index in [1.807, 2.05) is 78.9 Å². The van der Waals surface area contributed by atoms with Gasteiger partial charge in [-0.1, -0.05) is 48.5 Å². The first kappa shape index (κ1) is 25.3. The van der Waals surface area contributed by atoms with Crippen molar-refractivity contribution in [2.45, 2.75) is 24.8 Å². The Bertz CT molecular complexity index is 1160. The van der Waals surface area contributed by atoms with Crippen LogP contribution in [0.2, 0.25) is 0 Å². The van der Waals surface area contributed by atoms with Gasteiger partial charge in [-0.2, -0.15) is 0 Å². The zero-order valence-corrected chi connectivity index (χ0v) is 20.5. The molecular weight excluding hydrogens is 456 g/mol. The highest BCUT2D eigenvalue weighted by atomic mass is 16.5. The van der Waals surface area contributed by atoms with Gasteiger partial charge in [-0.05, 0) is 47.9 Å². The molecule has 1 amide bonds. The minimum absolute atomic E-state index is 0.0905. The number of hydrogen-bond acceptors (Lipinski definition) is 6. The van der Waals surface area contributed by atoms with Crippen LogP contribution in [-0.2, 0) is 22.4 Å².